The lowest BCUT2D eigenvalue weighted by molar-refractivity contribution is 0.0947. The molecule has 1 aliphatic rings. The maximum atomic E-state index is 12.3. The van der Waals surface area contributed by atoms with Crippen molar-refractivity contribution in [3.63, 3.8) is 0 Å². The average Bonchev–Trinajstić information content (AvgIpc) is 3.12. The maximum Gasteiger partial charge on any atom is 0.349 e. The number of aryl methyl sites for hydroxylation is 2. The topological polar surface area (TPSA) is 89.2 Å². The Morgan fingerprint density at radius 2 is 2.11 bits per heavy atom. The van der Waals surface area contributed by atoms with E-state index in [9.17, 15) is 9.59 Å². The van der Waals surface area contributed by atoms with Crippen LogP contribution in [-0.4, -0.2) is 35.1 Å². The second-order valence-corrected chi connectivity index (χ2v) is 6.43. The van der Waals surface area contributed by atoms with Crippen LogP contribution in [0.5, 0.6) is 0 Å². The summed E-state index contributed by atoms with van der Waals surface area (Å²) in [6, 6.07) is 1.85. The van der Waals surface area contributed by atoms with E-state index in [1.165, 1.54) is 0 Å². The van der Waals surface area contributed by atoms with E-state index in [0.29, 0.717) is 17.9 Å². The van der Waals surface area contributed by atoms with Crippen LogP contribution in [0.25, 0.3) is 0 Å². The van der Waals surface area contributed by atoms with Crippen molar-refractivity contribution in [1.29, 1.82) is 0 Å². The van der Waals surface area contributed by atoms with Gasteiger partial charge in [-0.05, 0) is 50.9 Å². The Hall–Kier alpha value is -1.83. The first-order chi connectivity index (χ1) is 12.1. The van der Waals surface area contributed by atoms with Crippen LogP contribution in [-0.2, 0) is 6.54 Å². The lowest BCUT2D eigenvalue weighted by Gasteiger charge is -2.21. The summed E-state index contributed by atoms with van der Waals surface area (Å²) in [7, 11) is 0. The van der Waals surface area contributed by atoms with Gasteiger partial charge in [0.15, 0.2) is 0 Å². The van der Waals surface area contributed by atoms with Crippen LogP contribution in [0.15, 0.2) is 34.0 Å². The summed E-state index contributed by atoms with van der Waals surface area (Å²) < 4.78 is 7.40. The van der Waals surface area contributed by atoms with Crippen LogP contribution in [0.2, 0.25) is 0 Å². The van der Waals surface area contributed by atoms with E-state index in [0.717, 1.165) is 38.9 Å². The van der Waals surface area contributed by atoms with Crippen molar-refractivity contribution >= 4 is 30.7 Å². The first-order valence-electron chi connectivity index (χ1n) is 8.74. The monoisotopic (exact) mass is 416 g/mol. The summed E-state index contributed by atoms with van der Waals surface area (Å²) in [6.45, 7) is 4.90. The van der Waals surface area contributed by atoms with Crippen molar-refractivity contribution in [3.05, 3.63) is 52.1 Å². The Morgan fingerprint density at radius 1 is 1.37 bits per heavy atom. The number of carbonyl (C=O) groups excluding carboxylic acids is 1. The minimum absolute atomic E-state index is 0. The molecule has 0 radical (unpaired) electrons. The molecule has 0 bridgehead atoms. The Kier molecular flexibility index (Phi) is 9.55. The van der Waals surface area contributed by atoms with Gasteiger partial charge in [0, 0.05) is 31.4 Å². The minimum atomic E-state index is -0.541. The average molecular weight is 417 g/mol. The number of nitrogens with one attached hydrogen (secondary N) is 2. The van der Waals surface area contributed by atoms with Gasteiger partial charge in [-0.3, -0.25) is 4.79 Å². The summed E-state index contributed by atoms with van der Waals surface area (Å²) in [6.07, 6.45) is 7.99. The van der Waals surface area contributed by atoms with Gasteiger partial charge in [-0.25, -0.2) is 9.78 Å². The molecule has 1 fully saturated rings. The number of hydrogen-bond donors (Lipinski definition) is 2. The third-order valence-electron chi connectivity index (χ3n) is 4.57. The molecule has 2 N–H and O–H groups in total. The number of amides is 1. The molecular weight excluding hydrogens is 391 g/mol. The van der Waals surface area contributed by atoms with E-state index in [1.54, 1.807) is 19.4 Å². The predicted molar refractivity (Wildman–Crippen MR) is 108 cm³/mol. The van der Waals surface area contributed by atoms with Gasteiger partial charge >= 0.3 is 5.63 Å². The number of carbonyl (C=O) groups is 1. The van der Waals surface area contributed by atoms with Gasteiger partial charge in [-0.1, -0.05) is 0 Å². The molecule has 0 spiro atoms. The smallest absolute Gasteiger partial charge is 0.349 e. The van der Waals surface area contributed by atoms with Crippen LogP contribution in [0, 0.1) is 6.92 Å². The third-order valence-corrected chi connectivity index (χ3v) is 4.57. The molecule has 7 nitrogen and oxygen atoms in total. The molecule has 1 amide bonds. The van der Waals surface area contributed by atoms with Crippen LogP contribution < -0.4 is 16.3 Å². The predicted octanol–water partition coefficient (Wildman–Crippen LogP) is 2.28. The van der Waals surface area contributed by atoms with Gasteiger partial charge in [0.2, 0.25) is 0 Å². The standard InChI is InChI=1S/C18H24N4O3.2ClH/c1-13-11-15(14-3-6-19-7-4-14)25-18(24)16(13)17(23)21-5-2-9-22-10-8-20-12-22;;/h8,10-12,14,19H,2-7,9H2,1H3,(H,21,23);2*1H. The molecule has 1 aliphatic heterocycles. The maximum absolute atomic E-state index is 12.3. The van der Waals surface area contributed by atoms with Crippen molar-refractivity contribution in [2.45, 2.75) is 38.6 Å². The Bertz CT molecular complexity index is 771. The van der Waals surface area contributed by atoms with Gasteiger partial charge in [0.25, 0.3) is 5.91 Å². The molecule has 0 aromatic carbocycles. The highest BCUT2D eigenvalue weighted by atomic mass is 35.5. The van der Waals surface area contributed by atoms with Gasteiger partial charge in [-0.15, -0.1) is 24.8 Å². The number of piperidine rings is 1. The van der Waals surface area contributed by atoms with Crippen LogP contribution in [0.4, 0.5) is 0 Å². The number of halogens is 2. The van der Waals surface area contributed by atoms with Crippen LogP contribution in [0.1, 0.15) is 46.9 Å². The quantitative estimate of drug-likeness (QED) is 0.704. The van der Waals surface area contributed by atoms with Gasteiger partial charge in [0.05, 0.1) is 6.33 Å². The number of aromatic nitrogens is 2. The van der Waals surface area contributed by atoms with Crippen LogP contribution >= 0.6 is 24.8 Å². The fourth-order valence-corrected chi connectivity index (χ4v) is 3.18. The SMILES string of the molecule is Cc1cc(C2CCNCC2)oc(=O)c1C(=O)NCCCn1ccnc1.Cl.Cl. The lowest BCUT2D eigenvalue weighted by Crippen LogP contribution is -2.31. The largest absolute Gasteiger partial charge is 0.427 e. The van der Waals surface area contributed by atoms with E-state index in [2.05, 4.69) is 15.6 Å². The molecule has 27 heavy (non-hydrogen) atoms. The molecule has 0 saturated carbocycles. The number of nitrogens with zero attached hydrogens (tertiary/aromatic N) is 2. The molecule has 2 aromatic heterocycles. The Morgan fingerprint density at radius 3 is 2.74 bits per heavy atom. The van der Waals surface area contributed by atoms with Crippen molar-refractivity contribution in [3.8, 4) is 0 Å². The van der Waals surface area contributed by atoms with Crippen molar-refractivity contribution in [1.82, 2.24) is 20.2 Å². The number of hydrogen-bond acceptors (Lipinski definition) is 5. The van der Waals surface area contributed by atoms with Gasteiger partial charge in [-0.2, -0.15) is 0 Å². The first-order valence-corrected chi connectivity index (χ1v) is 8.74. The molecule has 0 aliphatic carbocycles. The molecular formula is C18H26Cl2N4O3. The second kappa shape index (κ2) is 11.1. The van der Waals surface area contributed by atoms with E-state index in [1.807, 2.05) is 16.8 Å². The molecule has 2 aromatic rings. The summed E-state index contributed by atoms with van der Waals surface area (Å²) in [5, 5.41) is 6.09. The van der Waals surface area contributed by atoms with Crippen molar-refractivity contribution in [2.24, 2.45) is 0 Å². The zero-order valence-corrected chi connectivity index (χ0v) is 16.9. The van der Waals surface area contributed by atoms with Crippen LogP contribution in [0.3, 0.4) is 0 Å². The minimum Gasteiger partial charge on any atom is -0.427 e. The number of rotatable bonds is 6. The fraction of sp³-hybridized carbons (Fsp3) is 0.500. The molecule has 9 heteroatoms. The van der Waals surface area contributed by atoms with E-state index < -0.39 is 5.63 Å². The van der Waals surface area contributed by atoms with Crippen molar-refractivity contribution in [2.75, 3.05) is 19.6 Å². The highest BCUT2D eigenvalue weighted by Crippen LogP contribution is 2.25. The second-order valence-electron chi connectivity index (χ2n) is 6.43. The Labute approximate surface area is 170 Å². The zero-order valence-electron chi connectivity index (χ0n) is 15.3. The lowest BCUT2D eigenvalue weighted by atomic mass is 9.94. The summed E-state index contributed by atoms with van der Waals surface area (Å²) in [5.41, 5.74) is 0.248. The van der Waals surface area contributed by atoms with E-state index in [4.69, 9.17) is 4.42 Å². The van der Waals surface area contributed by atoms with Gasteiger partial charge in [0.1, 0.15) is 11.3 Å². The summed E-state index contributed by atoms with van der Waals surface area (Å²) in [5.74, 6) is 0.578. The zero-order chi connectivity index (χ0) is 17.6. The van der Waals surface area contributed by atoms with E-state index in [-0.39, 0.29) is 42.2 Å². The summed E-state index contributed by atoms with van der Waals surface area (Å²) >= 11 is 0. The third kappa shape index (κ3) is 6.09. The molecule has 0 atom stereocenters. The molecule has 3 heterocycles. The van der Waals surface area contributed by atoms with Gasteiger partial charge < -0.3 is 19.6 Å². The normalized spacial score (nSPS) is 14.1. The molecule has 150 valence electrons. The highest BCUT2D eigenvalue weighted by Gasteiger charge is 2.22. The Balaban J connectivity index is 0.00000182. The van der Waals surface area contributed by atoms with Crippen molar-refractivity contribution < 1.29 is 9.21 Å². The fourth-order valence-electron chi connectivity index (χ4n) is 3.18. The highest BCUT2D eigenvalue weighted by molar-refractivity contribution is 5.95. The molecule has 1 saturated heterocycles. The number of imidazole rings is 1. The molecule has 3 rings (SSSR count). The molecule has 0 unspecified atom stereocenters. The summed E-state index contributed by atoms with van der Waals surface area (Å²) in [4.78, 5) is 28.6. The van der Waals surface area contributed by atoms with E-state index >= 15 is 0 Å². The first kappa shape index (κ1) is 23.2.